The lowest BCUT2D eigenvalue weighted by molar-refractivity contribution is 0.0541. The number of hydrogen-bond donors (Lipinski definition) is 1. The summed E-state index contributed by atoms with van der Waals surface area (Å²) in [6.45, 7) is 6.48. The lowest BCUT2D eigenvalue weighted by atomic mass is 9.82. The van der Waals surface area contributed by atoms with E-state index >= 15 is 0 Å². The number of hydrogen-bond acceptors (Lipinski definition) is 4. The summed E-state index contributed by atoms with van der Waals surface area (Å²) in [5.41, 5.74) is 3.83. The van der Waals surface area contributed by atoms with Crippen LogP contribution in [0.3, 0.4) is 0 Å². The Bertz CT molecular complexity index is 1250. The minimum Gasteiger partial charge on any atom is -0.508 e. The summed E-state index contributed by atoms with van der Waals surface area (Å²) in [6, 6.07) is 23.3. The molecular formula is C32H36N2O3. The van der Waals surface area contributed by atoms with Gasteiger partial charge in [-0.05, 0) is 104 Å². The second-order valence-electron chi connectivity index (χ2n) is 11.0. The minimum absolute atomic E-state index is 0.0693. The summed E-state index contributed by atoms with van der Waals surface area (Å²) in [4.78, 5) is 18.6. The molecule has 0 bridgehead atoms. The van der Waals surface area contributed by atoms with E-state index in [1.165, 1.54) is 19.5 Å². The van der Waals surface area contributed by atoms with E-state index in [-0.39, 0.29) is 23.2 Å². The fourth-order valence-electron chi connectivity index (χ4n) is 6.33. The molecular weight excluding hydrogens is 460 g/mol. The minimum atomic E-state index is -0.202. The molecule has 2 unspecified atom stereocenters. The van der Waals surface area contributed by atoms with Crippen molar-refractivity contribution in [3.05, 3.63) is 95.1 Å². The van der Waals surface area contributed by atoms with Crippen molar-refractivity contribution >= 4 is 5.91 Å². The van der Waals surface area contributed by atoms with E-state index < -0.39 is 0 Å². The maximum atomic E-state index is 13.9. The molecule has 1 saturated heterocycles. The van der Waals surface area contributed by atoms with Crippen molar-refractivity contribution < 1.29 is 14.6 Å². The van der Waals surface area contributed by atoms with Gasteiger partial charge in [0.2, 0.25) is 0 Å². The smallest absolute Gasteiger partial charge is 0.255 e. The van der Waals surface area contributed by atoms with Crippen LogP contribution in [0.4, 0.5) is 0 Å². The van der Waals surface area contributed by atoms with Gasteiger partial charge >= 0.3 is 0 Å². The molecule has 1 aliphatic carbocycles. The molecule has 2 fully saturated rings. The number of rotatable bonds is 7. The predicted octanol–water partition coefficient (Wildman–Crippen LogP) is 5.82. The van der Waals surface area contributed by atoms with E-state index in [1.807, 2.05) is 54.6 Å². The average molecular weight is 497 g/mol. The molecule has 3 aliphatic rings. The first-order chi connectivity index (χ1) is 18.1. The Morgan fingerprint density at radius 1 is 1.05 bits per heavy atom. The normalized spacial score (nSPS) is 22.1. The highest BCUT2D eigenvalue weighted by Gasteiger charge is 2.56. The first-order valence-electron chi connectivity index (χ1n) is 13.7. The Balaban J connectivity index is 1.26. The van der Waals surface area contributed by atoms with E-state index in [4.69, 9.17) is 4.74 Å². The van der Waals surface area contributed by atoms with Crippen LogP contribution >= 0.6 is 0 Å². The Labute approximate surface area is 219 Å². The van der Waals surface area contributed by atoms with Crippen LogP contribution in [-0.2, 0) is 6.42 Å². The number of nitrogens with zero attached hydrogens (tertiary/aromatic N) is 2. The number of phenols is 1. The predicted molar refractivity (Wildman–Crippen MR) is 145 cm³/mol. The van der Waals surface area contributed by atoms with Crippen LogP contribution in [0.5, 0.6) is 11.5 Å². The molecule has 1 saturated carbocycles. The molecule has 2 aliphatic heterocycles. The second kappa shape index (κ2) is 9.86. The lowest BCUT2D eigenvalue weighted by Gasteiger charge is -2.44. The monoisotopic (exact) mass is 496 g/mol. The first kappa shape index (κ1) is 24.1. The molecule has 1 N–H and O–H groups in total. The molecule has 0 radical (unpaired) electrons. The van der Waals surface area contributed by atoms with E-state index in [1.54, 1.807) is 6.07 Å². The van der Waals surface area contributed by atoms with Crippen molar-refractivity contribution in [1.29, 1.82) is 0 Å². The highest BCUT2D eigenvalue weighted by atomic mass is 16.5. The summed E-state index contributed by atoms with van der Waals surface area (Å²) >= 11 is 0. The van der Waals surface area contributed by atoms with Crippen molar-refractivity contribution in [3.63, 3.8) is 0 Å². The van der Waals surface area contributed by atoms with Gasteiger partial charge in [0, 0.05) is 17.6 Å². The maximum Gasteiger partial charge on any atom is 0.255 e. The lowest BCUT2D eigenvalue weighted by Crippen LogP contribution is -2.49. The second-order valence-corrected chi connectivity index (χ2v) is 11.0. The molecule has 192 valence electrons. The Hall–Kier alpha value is -3.31. The third-order valence-electron chi connectivity index (χ3n) is 8.58. The topological polar surface area (TPSA) is 53.0 Å². The van der Waals surface area contributed by atoms with Gasteiger partial charge < -0.3 is 19.6 Å². The van der Waals surface area contributed by atoms with Crippen LogP contribution in [0.1, 0.15) is 65.7 Å². The molecule has 3 aromatic rings. The van der Waals surface area contributed by atoms with Gasteiger partial charge in [-0.1, -0.05) is 43.3 Å². The van der Waals surface area contributed by atoms with Gasteiger partial charge in [0.15, 0.2) is 0 Å². The van der Waals surface area contributed by atoms with Crippen molar-refractivity contribution in [1.82, 2.24) is 9.80 Å². The van der Waals surface area contributed by atoms with Crippen molar-refractivity contribution in [2.24, 2.45) is 5.92 Å². The SMILES string of the molecule is CCN1CCC(CCOc2ccc(C3c4ccc(O)cc4CC4(CC4)N3C(=O)c3ccccc3)cc2)C1. The molecule has 2 heterocycles. The van der Waals surface area contributed by atoms with Crippen LogP contribution in [0.2, 0.25) is 0 Å². The highest BCUT2D eigenvalue weighted by molar-refractivity contribution is 5.96. The summed E-state index contributed by atoms with van der Waals surface area (Å²) in [6.07, 6.45) is 5.09. The number of carbonyl (C=O) groups excluding carboxylic acids is 1. The average Bonchev–Trinajstić information content (AvgIpc) is 3.52. The molecule has 0 aromatic heterocycles. The fourth-order valence-corrected chi connectivity index (χ4v) is 6.33. The van der Waals surface area contributed by atoms with Crippen molar-refractivity contribution in [2.75, 3.05) is 26.2 Å². The number of amides is 1. The molecule has 6 rings (SSSR count). The zero-order valence-electron chi connectivity index (χ0n) is 21.6. The number of fused-ring (bicyclic) bond motifs is 1. The zero-order valence-corrected chi connectivity index (χ0v) is 21.6. The third-order valence-corrected chi connectivity index (χ3v) is 8.58. The molecule has 5 heteroatoms. The van der Waals surface area contributed by atoms with Gasteiger partial charge in [0.25, 0.3) is 5.91 Å². The van der Waals surface area contributed by atoms with Gasteiger partial charge in [-0.2, -0.15) is 0 Å². The Morgan fingerprint density at radius 3 is 2.54 bits per heavy atom. The highest BCUT2D eigenvalue weighted by Crippen LogP contribution is 2.55. The first-order valence-corrected chi connectivity index (χ1v) is 13.7. The number of ether oxygens (including phenoxy) is 1. The molecule has 5 nitrogen and oxygen atoms in total. The van der Waals surface area contributed by atoms with Crippen molar-refractivity contribution in [3.8, 4) is 11.5 Å². The molecule has 1 amide bonds. The number of likely N-dealkylation sites (tertiary alicyclic amines) is 1. The van der Waals surface area contributed by atoms with Crippen LogP contribution in [0.25, 0.3) is 0 Å². The summed E-state index contributed by atoms with van der Waals surface area (Å²) < 4.78 is 6.13. The van der Waals surface area contributed by atoms with Gasteiger partial charge in [-0.3, -0.25) is 4.79 Å². The van der Waals surface area contributed by atoms with Gasteiger partial charge in [-0.25, -0.2) is 0 Å². The quantitative estimate of drug-likeness (QED) is 0.448. The summed E-state index contributed by atoms with van der Waals surface area (Å²) in [5, 5.41) is 10.2. The number of benzene rings is 3. The number of aromatic hydroxyl groups is 1. The molecule has 1 spiro atoms. The third kappa shape index (κ3) is 4.73. The van der Waals surface area contributed by atoms with Crippen LogP contribution in [0.15, 0.2) is 72.8 Å². The van der Waals surface area contributed by atoms with Crippen LogP contribution in [-0.4, -0.2) is 52.6 Å². The summed E-state index contributed by atoms with van der Waals surface area (Å²) in [7, 11) is 0. The number of carbonyl (C=O) groups is 1. The Morgan fingerprint density at radius 2 is 1.84 bits per heavy atom. The van der Waals surface area contributed by atoms with E-state index in [0.29, 0.717) is 0 Å². The molecule has 37 heavy (non-hydrogen) atoms. The Kier molecular flexibility index (Phi) is 6.41. The van der Waals surface area contributed by atoms with E-state index in [9.17, 15) is 9.90 Å². The largest absolute Gasteiger partial charge is 0.508 e. The van der Waals surface area contributed by atoms with Crippen LogP contribution < -0.4 is 4.74 Å². The fraction of sp³-hybridized carbons (Fsp3) is 0.406. The van der Waals surface area contributed by atoms with Crippen molar-refractivity contribution in [2.45, 2.75) is 50.6 Å². The summed E-state index contributed by atoms with van der Waals surface area (Å²) in [5.74, 6) is 1.95. The standard InChI is InChI=1S/C32H36N2O3/c1-2-33-18-14-23(22-33)15-19-37-28-11-8-24(9-12-28)30-29-13-10-27(35)20-26(29)21-32(16-17-32)34(30)31(36)25-6-4-3-5-7-25/h3-13,20,23,30,35H,2,14-19,21-22H2,1H3. The van der Waals surface area contributed by atoms with E-state index in [0.717, 1.165) is 72.8 Å². The maximum absolute atomic E-state index is 13.9. The van der Waals surface area contributed by atoms with Gasteiger partial charge in [0.05, 0.1) is 12.6 Å². The van der Waals surface area contributed by atoms with Gasteiger partial charge in [0.1, 0.15) is 11.5 Å². The van der Waals surface area contributed by atoms with Crippen LogP contribution in [0, 0.1) is 5.92 Å². The zero-order chi connectivity index (χ0) is 25.4. The van der Waals surface area contributed by atoms with Gasteiger partial charge in [-0.15, -0.1) is 0 Å². The molecule has 3 aromatic carbocycles. The number of phenolic OH excluding ortho intramolecular Hbond substituents is 1. The van der Waals surface area contributed by atoms with E-state index in [2.05, 4.69) is 28.9 Å². The molecule has 2 atom stereocenters.